The number of anilines is 4. The lowest BCUT2D eigenvalue weighted by molar-refractivity contribution is -0.124. The van der Waals surface area contributed by atoms with Crippen molar-refractivity contribution in [2.45, 2.75) is 57.2 Å². The van der Waals surface area contributed by atoms with E-state index in [1.165, 1.54) is 18.5 Å². The van der Waals surface area contributed by atoms with Gasteiger partial charge in [-0.2, -0.15) is 0 Å². The Bertz CT molecular complexity index is 1050. The van der Waals surface area contributed by atoms with Crippen LogP contribution in [0, 0.1) is 11.8 Å². The normalized spacial score (nSPS) is 26.8. The highest BCUT2D eigenvalue weighted by molar-refractivity contribution is 6.00. The summed E-state index contributed by atoms with van der Waals surface area (Å²) in [5.74, 6) is 1.80. The van der Waals surface area contributed by atoms with Gasteiger partial charge in [0.2, 0.25) is 5.91 Å². The fraction of sp³-hybridized carbons (Fsp3) is 0.556. The summed E-state index contributed by atoms with van der Waals surface area (Å²) in [5, 5.41) is 3.52. The summed E-state index contributed by atoms with van der Waals surface area (Å²) >= 11 is 0. The largest absolute Gasteiger partial charge is 0.381 e. The third-order valence-corrected chi connectivity index (χ3v) is 8.03. The lowest BCUT2D eigenvalue weighted by Gasteiger charge is -2.38. The molecule has 34 heavy (non-hydrogen) atoms. The van der Waals surface area contributed by atoms with Gasteiger partial charge in [0, 0.05) is 37.0 Å². The first-order valence-electron chi connectivity index (χ1n) is 12.7. The predicted octanol–water partition coefficient (Wildman–Crippen LogP) is 4.49. The molecule has 3 fully saturated rings. The van der Waals surface area contributed by atoms with E-state index in [1.807, 2.05) is 11.0 Å². The van der Waals surface area contributed by atoms with E-state index in [1.54, 1.807) is 13.3 Å². The Morgan fingerprint density at radius 1 is 1.15 bits per heavy atom. The van der Waals surface area contributed by atoms with E-state index in [-0.39, 0.29) is 17.9 Å². The Morgan fingerprint density at radius 3 is 2.79 bits per heavy atom. The van der Waals surface area contributed by atoms with Gasteiger partial charge < -0.3 is 24.6 Å². The molecule has 180 valence electrons. The number of morpholine rings is 1. The third-order valence-electron chi connectivity index (χ3n) is 8.03. The fourth-order valence-electron chi connectivity index (χ4n) is 5.87. The Kier molecular flexibility index (Phi) is 5.91. The molecule has 1 atom stereocenters. The maximum Gasteiger partial charge on any atom is 0.230 e. The number of aromatic nitrogens is 1. The number of amides is 1. The summed E-state index contributed by atoms with van der Waals surface area (Å²) < 4.78 is 11.4. The average Bonchev–Trinajstić information content (AvgIpc) is 3.74. The lowest BCUT2D eigenvalue weighted by atomic mass is 9.86. The minimum Gasteiger partial charge on any atom is -0.381 e. The van der Waals surface area contributed by atoms with E-state index < -0.39 is 0 Å². The highest BCUT2D eigenvalue weighted by Gasteiger charge is 2.38. The quantitative estimate of drug-likeness (QED) is 0.722. The van der Waals surface area contributed by atoms with Crippen molar-refractivity contribution in [3.8, 4) is 0 Å². The van der Waals surface area contributed by atoms with Crippen LogP contribution >= 0.6 is 0 Å². The van der Waals surface area contributed by atoms with Gasteiger partial charge in [0.1, 0.15) is 5.82 Å². The number of carbonyl (C=O) groups excluding carboxylic acids is 1. The van der Waals surface area contributed by atoms with Crippen LogP contribution in [0.15, 0.2) is 36.5 Å². The molecule has 2 saturated carbocycles. The van der Waals surface area contributed by atoms with Gasteiger partial charge in [-0.25, -0.2) is 4.98 Å². The summed E-state index contributed by atoms with van der Waals surface area (Å²) in [7, 11) is 1.77. The average molecular weight is 463 g/mol. The zero-order chi connectivity index (χ0) is 23.1. The van der Waals surface area contributed by atoms with Gasteiger partial charge in [-0.3, -0.25) is 4.79 Å². The summed E-state index contributed by atoms with van der Waals surface area (Å²) in [6, 6.07) is 11.0. The highest BCUT2D eigenvalue weighted by atomic mass is 16.5. The van der Waals surface area contributed by atoms with Crippen LogP contribution < -0.4 is 15.1 Å². The van der Waals surface area contributed by atoms with Crippen LogP contribution in [0.25, 0.3) is 0 Å². The second-order valence-electron chi connectivity index (χ2n) is 10.1. The number of pyridine rings is 1. The molecule has 0 spiro atoms. The minimum atomic E-state index is 0.0312. The Hall–Kier alpha value is -2.64. The SMILES string of the molecule is CO[C@H]1CC[C@H](C(=O)N2Cc3cccnc3Nc3ccc(N4CCOCC4C4CC4)cc32)CC1. The maximum absolute atomic E-state index is 13.9. The molecule has 7 nitrogen and oxygen atoms in total. The van der Waals surface area contributed by atoms with Gasteiger partial charge in [-0.05, 0) is 68.7 Å². The van der Waals surface area contributed by atoms with E-state index in [2.05, 4.69) is 39.5 Å². The van der Waals surface area contributed by atoms with E-state index in [0.717, 1.165) is 74.1 Å². The Balaban J connectivity index is 1.35. The van der Waals surface area contributed by atoms with Crippen molar-refractivity contribution < 1.29 is 14.3 Å². The molecular weight excluding hydrogens is 428 g/mol. The van der Waals surface area contributed by atoms with Crippen molar-refractivity contribution >= 4 is 28.8 Å². The van der Waals surface area contributed by atoms with Gasteiger partial charge >= 0.3 is 0 Å². The molecule has 2 aliphatic heterocycles. The first kappa shape index (κ1) is 21.9. The first-order valence-corrected chi connectivity index (χ1v) is 12.7. The van der Waals surface area contributed by atoms with Crippen LogP contribution in [0.1, 0.15) is 44.1 Å². The molecule has 0 bridgehead atoms. The van der Waals surface area contributed by atoms with E-state index in [4.69, 9.17) is 9.47 Å². The first-order chi connectivity index (χ1) is 16.7. The molecule has 0 radical (unpaired) electrons. The van der Waals surface area contributed by atoms with Crippen LogP contribution in [0.5, 0.6) is 0 Å². The maximum atomic E-state index is 13.9. The minimum absolute atomic E-state index is 0.0312. The highest BCUT2D eigenvalue weighted by Crippen LogP contribution is 2.42. The van der Waals surface area contributed by atoms with Crippen molar-refractivity contribution in [3.63, 3.8) is 0 Å². The summed E-state index contributed by atoms with van der Waals surface area (Å²) in [6.07, 6.45) is 8.30. The van der Waals surface area contributed by atoms with Crippen molar-refractivity contribution in [1.29, 1.82) is 0 Å². The van der Waals surface area contributed by atoms with Crippen LogP contribution in [0.2, 0.25) is 0 Å². The van der Waals surface area contributed by atoms with Gasteiger partial charge in [-0.1, -0.05) is 6.07 Å². The summed E-state index contributed by atoms with van der Waals surface area (Å²) in [6.45, 7) is 2.97. The van der Waals surface area contributed by atoms with Crippen molar-refractivity contribution in [3.05, 3.63) is 42.1 Å². The van der Waals surface area contributed by atoms with Crippen LogP contribution in [0.3, 0.4) is 0 Å². The molecule has 7 heteroatoms. The standard InChI is InChI=1S/C27H34N4O3/c1-33-22-9-6-19(7-10-22)27(32)31-16-20-3-2-12-28-26(20)29-23-11-8-21(15-24(23)31)30-13-14-34-17-25(30)18-4-5-18/h2-3,8,11-12,15,18-19,22,25H,4-7,9-10,13-14,16-17H2,1H3,(H,28,29)/t19-,22-,25?. The van der Waals surface area contributed by atoms with Crippen LogP contribution in [-0.2, 0) is 20.8 Å². The smallest absolute Gasteiger partial charge is 0.230 e. The zero-order valence-electron chi connectivity index (χ0n) is 19.9. The number of hydrogen-bond donors (Lipinski definition) is 1. The van der Waals surface area contributed by atoms with Gasteiger partial charge in [-0.15, -0.1) is 0 Å². The Labute approximate surface area is 201 Å². The molecule has 1 unspecified atom stereocenters. The second kappa shape index (κ2) is 9.19. The molecule has 4 aliphatic rings. The number of nitrogens with zero attached hydrogens (tertiary/aromatic N) is 3. The van der Waals surface area contributed by atoms with Crippen molar-refractivity contribution in [1.82, 2.24) is 4.98 Å². The topological polar surface area (TPSA) is 66.9 Å². The molecular formula is C27H34N4O3. The van der Waals surface area contributed by atoms with E-state index >= 15 is 0 Å². The Morgan fingerprint density at radius 2 is 2.00 bits per heavy atom. The fourth-order valence-corrected chi connectivity index (χ4v) is 5.87. The number of hydrogen-bond acceptors (Lipinski definition) is 6. The zero-order valence-corrected chi connectivity index (χ0v) is 19.9. The molecule has 1 saturated heterocycles. The number of ether oxygens (including phenoxy) is 2. The van der Waals surface area contributed by atoms with Gasteiger partial charge in [0.05, 0.1) is 43.3 Å². The molecule has 1 aromatic heterocycles. The molecule has 6 rings (SSSR count). The number of fused-ring (bicyclic) bond motifs is 2. The molecule has 2 aromatic rings. The van der Waals surface area contributed by atoms with E-state index in [9.17, 15) is 4.79 Å². The molecule has 1 amide bonds. The predicted molar refractivity (Wildman–Crippen MR) is 133 cm³/mol. The molecule has 2 aliphatic carbocycles. The van der Waals surface area contributed by atoms with Crippen LogP contribution in [-0.4, -0.2) is 49.9 Å². The lowest BCUT2D eigenvalue weighted by Crippen LogP contribution is -2.47. The number of nitrogens with one attached hydrogen (secondary N) is 1. The summed E-state index contributed by atoms with van der Waals surface area (Å²) in [5.41, 5.74) is 4.12. The molecule has 3 heterocycles. The summed E-state index contributed by atoms with van der Waals surface area (Å²) in [4.78, 5) is 23.0. The number of rotatable bonds is 4. The molecule has 1 N–H and O–H groups in total. The number of methoxy groups -OCH3 is 1. The third kappa shape index (κ3) is 4.16. The van der Waals surface area contributed by atoms with Gasteiger partial charge in [0.15, 0.2) is 0 Å². The monoisotopic (exact) mass is 462 g/mol. The number of benzene rings is 1. The molecule has 1 aromatic carbocycles. The van der Waals surface area contributed by atoms with Crippen LogP contribution in [0.4, 0.5) is 22.9 Å². The van der Waals surface area contributed by atoms with Crippen molar-refractivity contribution in [2.24, 2.45) is 11.8 Å². The van der Waals surface area contributed by atoms with E-state index in [0.29, 0.717) is 12.6 Å². The second-order valence-corrected chi connectivity index (χ2v) is 10.1. The van der Waals surface area contributed by atoms with Gasteiger partial charge in [0.25, 0.3) is 0 Å². The number of carbonyl (C=O) groups is 1. The van der Waals surface area contributed by atoms with Crippen molar-refractivity contribution in [2.75, 3.05) is 42.0 Å².